The Kier molecular flexibility index (Phi) is 7.46. The zero-order valence-corrected chi connectivity index (χ0v) is 16.0. The molecule has 0 radical (unpaired) electrons. The molecule has 4 nitrogen and oxygen atoms in total. The van der Waals surface area contributed by atoms with E-state index in [0.29, 0.717) is 0 Å². The smallest absolute Gasteiger partial charge is 0.316 e. The van der Waals surface area contributed by atoms with E-state index in [9.17, 15) is 9.59 Å². The molecule has 0 fully saturated rings. The Morgan fingerprint density at radius 1 is 0.708 bits per heavy atom. The second-order valence-electron chi connectivity index (χ2n) is 4.90. The molecular weight excluding hydrogens is 440 g/mol. The van der Waals surface area contributed by atoms with Gasteiger partial charge in [-0.15, -0.1) is 0 Å². The lowest BCUT2D eigenvalue weighted by Crippen LogP contribution is -2.07. The standard InChI is InChI=1S/C18H16Br2O4/c19-9-17(21)23-11-13-5-1-3-7-15(13)16-8-4-2-6-14(16)12-24-18(22)10-20/h1-8H,9-12H2. The SMILES string of the molecule is O=C(CBr)OCc1ccccc1-c1ccccc1COC(=O)CBr. The first-order valence-electron chi connectivity index (χ1n) is 7.25. The first-order valence-corrected chi connectivity index (χ1v) is 9.49. The van der Waals surface area contributed by atoms with Gasteiger partial charge in [-0.2, -0.15) is 0 Å². The predicted molar refractivity (Wildman–Crippen MR) is 99.1 cm³/mol. The topological polar surface area (TPSA) is 52.6 Å². The molecule has 0 aliphatic heterocycles. The fourth-order valence-corrected chi connectivity index (χ4v) is 2.54. The van der Waals surface area contributed by atoms with E-state index in [4.69, 9.17) is 9.47 Å². The van der Waals surface area contributed by atoms with Crippen LogP contribution < -0.4 is 0 Å². The Morgan fingerprint density at radius 2 is 1.08 bits per heavy atom. The van der Waals surface area contributed by atoms with Crippen molar-refractivity contribution < 1.29 is 19.1 Å². The summed E-state index contributed by atoms with van der Waals surface area (Å²) in [5, 5.41) is 0.322. The molecular formula is C18H16Br2O4. The molecule has 2 aromatic carbocycles. The van der Waals surface area contributed by atoms with Gasteiger partial charge in [0.15, 0.2) is 0 Å². The van der Waals surface area contributed by atoms with Gasteiger partial charge in [0.25, 0.3) is 0 Å². The molecule has 0 aliphatic carbocycles. The number of carbonyl (C=O) groups is 2. The minimum atomic E-state index is -0.315. The van der Waals surface area contributed by atoms with Crippen molar-refractivity contribution in [3.05, 3.63) is 59.7 Å². The van der Waals surface area contributed by atoms with Crippen LogP contribution in [0, 0.1) is 0 Å². The lowest BCUT2D eigenvalue weighted by atomic mass is 9.96. The van der Waals surface area contributed by atoms with Crippen LogP contribution >= 0.6 is 31.9 Å². The molecule has 0 saturated carbocycles. The Hall–Kier alpha value is -1.66. The van der Waals surface area contributed by atoms with E-state index in [1.165, 1.54) is 0 Å². The van der Waals surface area contributed by atoms with Crippen molar-refractivity contribution >= 4 is 43.8 Å². The van der Waals surface area contributed by atoms with Crippen LogP contribution in [0.5, 0.6) is 0 Å². The van der Waals surface area contributed by atoms with Gasteiger partial charge >= 0.3 is 11.9 Å². The Morgan fingerprint density at radius 3 is 1.46 bits per heavy atom. The number of ether oxygens (including phenoxy) is 2. The van der Waals surface area contributed by atoms with Gasteiger partial charge in [0, 0.05) is 0 Å². The number of carbonyl (C=O) groups excluding carboxylic acids is 2. The molecule has 0 unspecified atom stereocenters. The fourth-order valence-electron chi connectivity index (χ4n) is 2.21. The summed E-state index contributed by atoms with van der Waals surface area (Å²) in [4.78, 5) is 22.8. The molecule has 0 spiro atoms. The minimum absolute atomic E-state index is 0.161. The highest BCUT2D eigenvalue weighted by molar-refractivity contribution is 9.09. The van der Waals surface area contributed by atoms with Crippen LogP contribution in [-0.2, 0) is 32.3 Å². The first kappa shape index (κ1) is 18.7. The molecule has 6 heteroatoms. The number of esters is 2. The van der Waals surface area contributed by atoms with Crippen molar-refractivity contribution in [2.75, 3.05) is 10.7 Å². The predicted octanol–water partition coefficient (Wildman–Crippen LogP) is 4.23. The molecule has 24 heavy (non-hydrogen) atoms. The van der Waals surface area contributed by atoms with Gasteiger partial charge < -0.3 is 9.47 Å². The van der Waals surface area contributed by atoms with Gasteiger partial charge in [-0.3, -0.25) is 9.59 Å². The van der Waals surface area contributed by atoms with E-state index in [0.717, 1.165) is 22.3 Å². The van der Waals surface area contributed by atoms with Crippen molar-refractivity contribution in [1.29, 1.82) is 0 Å². The lowest BCUT2D eigenvalue weighted by molar-refractivity contribution is -0.142. The van der Waals surface area contributed by atoms with E-state index in [-0.39, 0.29) is 35.8 Å². The van der Waals surface area contributed by atoms with Crippen molar-refractivity contribution in [3.63, 3.8) is 0 Å². The van der Waals surface area contributed by atoms with Crippen LogP contribution in [0.4, 0.5) is 0 Å². The molecule has 0 aromatic heterocycles. The monoisotopic (exact) mass is 454 g/mol. The summed E-state index contributed by atoms with van der Waals surface area (Å²) in [5.41, 5.74) is 3.69. The highest BCUT2D eigenvalue weighted by atomic mass is 79.9. The summed E-state index contributed by atoms with van der Waals surface area (Å²) in [6.07, 6.45) is 0. The van der Waals surface area contributed by atoms with Gasteiger partial charge in [-0.25, -0.2) is 0 Å². The van der Waals surface area contributed by atoms with E-state index in [1.54, 1.807) is 0 Å². The van der Waals surface area contributed by atoms with Gasteiger partial charge in [0.1, 0.15) is 23.9 Å². The molecule has 2 aromatic rings. The molecule has 0 heterocycles. The van der Waals surface area contributed by atoms with Crippen LogP contribution in [0.15, 0.2) is 48.5 Å². The van der Waals surface area contributed by atoms with Crippen LogP contribution in [0.3, 0.4) is 0 Å². The zero-order valence-electron chi connectivity index (χ0n) is 12.8. The highest BCUT2D eigenvalue weighted by Crippen LogP contribution is 2.28. The number of hydrogen-bond acceptors (Lipinski definition) is 4. The Bertz CT molecular complexity index is 654. The van der Waals surface area contributed by atoms with Crippen LogP contribution in [0.25, 0.3) is 11.1 Å². The molecule has 0 bridgehead atoms. The second kappa shape index (κ2) is 9.59. The zero-order chi connectivity index (χ0) is 17.4. The van der Waals surface area contributed by atoms with Gasteiger partial charge in [-0.1, -0.05) is 80.4 Å². The molecule has 0 atom stereocenters. The van der Waals surface area contributed by atoms with Crippen molar-refractivity contribution in [2.45, 2.75) is 13.2 Å². The van der Waals surface area contributed by atoms with Crippen molar-refractivity contribution in [1.82, 2.24) is 0 Å². The molecule has 126 valence electrons. The summed E-state index contributed by atoms with van der Waals surface area (Å²) in [6.45, 7) is 0.381. The lowest BCUT2D eigenvalue weighted by Gasteiger charge is -2.14. The third-order valence-electron chi connectivity index (χ3n) is 3.32. The van der Waals surface area contributed by atoms with E-state index in [1.807, 2.05) is 48.5 Å². The maximum absolute atomic E-state index is 11.4. The van der Waals surface area contributed by atoms with E-state index >= 15 is 0 Å². The summed E-state index contributed by atoms with van der Waals surface area (Å²) < 4.78 is 10.4. The average Bonchev–Trinajstić information content (AvgIpc) is 2.64. The highest BCUT2D eigenvalue weighted by Gasteiger charge is 2.12. The summed E-state index contributed by atoms with van der Waals surface area (Å²) in [7, 11) is 0. The third-order valence-corrected chi connectivity index (χ3v) is 4.24. The quantitative estimate of drug-likeness (QED) is 0.463. The Balaban J connectivity index is 2.28. The second-order valence-corrected chi connectivity index (χ2v) is 6.02. The van der Waals surface area contributed by atoms with Crippen molar-refractivity contribution in [3.8, 4) is 11.1 Å². The van der Waals surface area contributed by atoms with Gasteiger partial charge in [-0.05, 0) is 22.3 Å². The van der Waals surface area contributed by atoms with E-state index < -0.39 is 0 Å². The molecule has 2 rings (SSSR count). The molecule has 0 aliphatic rings. The third kappa shape index (κ3) is 5.18. The molecule has 0 saturated heterocycles. The number of alkyl halides is 2. The van der Waals surface area contributed by atoms with Crippen molar-refractivity contribution in [2.24, 2.45) is 0 Å². The molecule has 0 amide bonds. The fraction of sp³-hybridized carbons (Fsp3) is 0.222. The van der Waals surface area contributed by atoms with Gasteiger partial charge in [0.05, 0.1) is 0 Å². The maximum atomic E-state index is 11.4. The normalized spacial score (nSPS) is 10.2. The first-order chi connectivity index (χ1) is 11.7. The number of benzene rings is 2. The summed E-state index contributed by atoms with van der Waals surface area (Å²) in [5.74, 6) is -0.631. The van der Waals surface area contributed by atoms with E-state index in [2.05, 4.69) is 31.9 Å². The minimum Gasteiger partial charge on any atom is -0.460 e. The number of rotatable bonds is 7. The van der Waals surface area contributed by atoms with Crippen LogP contribution in [0.1, 0.15) is 11.1 Å². The summed E-state index contributed by atoms with van der Waals surface area (Å²) >= 11 is 6.15. The summed E-state index contributed by atoms with van der Waals surface area (Å²) in [6, 6.07) is 15.4. The average molecular weight is 456 g/mol. The van der Waals surface area contributed by atoms with Crippen LogP contribution in [0.2, 0.25) is 0 Å². The Labute approximate surface area is 157 Å². The number of halogens is 2. The number of hydrogen-bond donors (Lipinski definition) is 0. The maximum Gasteiger partial charge on any atom is 0.316 e. The molecule has 0 N–H and O–H groups in total. The van der Waals surface area contributed by atoms with Gasteiger partial charge in [0.2, 0.25) is 0 Å². The van der Waals surface area contributed by atoms with Crippen LogP contribution in [-0.4, -0.2) is 22.6 Å². The largest absolute Gasteiger partial charge is 0.460 e.